The number of hydrogen-bond acceptors (Lipinski definition) is 2. The fourth-order valence-corrected chi connectivity index (χ4v) is 8.62. The zero-order chi connectivity index (χ0) is 13.3. The number of imidazole rings is 1. The Labute approximate surface area is 125 Å². The molecule has 0 spiro atoms. The molecule has 3 heteroatoms. The van der Waals surface area contributed by atoms with E-state index in [0.717, 1.165) is 54.5 Å². The summed E-state index contributed by atoms with van der Waals surface area (Å²) in [5.41, 5.74) is 0. The molecule has 2 heterocycles. The molecule has 1 aromatic heterocycles. The molecule has 21 heavy (non-hydrogen) atoms. The SMILES string of the molecule is c1cn2c(n1)CCC(NC1C3C4CC5C6CC(C53)C1C64)C2. The number of nitrogens with zero attached hydrogens (tertiary/aromatic N) is 2. The summed E-state index contributed by atoms with van der Waals surface area (Å²) in [6.07, 6.45) is 9.84. The van der Waals surface area contributed by atoms with Gasteiger partial charge >= 0.3 is 0 Å². The maximum Gasteiger partial charge on any atom is 0.108 e. The molecule has 1 aliphatic heterocycles. The molecule has 8 rings (SSSR count). The smallest absolute Gasteiger partial charge is 0.108 e. The molecule has 9 unspecified atom stereocenters. The Kier molecular flexibility index (Phi) is 1.67. The average molecular weight is 281 g/mol. The van der Waals surface area contributed by atoms with Crippen LogP contribution < -0.4 is 5.32 Å². The Morgan fingerprint density at radius 3 is 2.52 bits per heavy atom. The van der Waals surface area contributed by atoms with Crippen LogP contribution in [0.1, 0.15) is 25.1 Å². The number of aryl methyl sites for hydroxylation is 1. The first-order valence-electron chi connectivity index (χ1n) is 9.16. The molecule has 6 fully saturated rings. The molecule has 6 bridgehead atoms. The number of rotatable bonds is 2. The van der Waals surface area contributed by atoms with E-state index in [-0.39, 0.29) is 0 Å². The van der Waals surface area contributed by atoms with Crippen LogP contribution in [0.15, 0.2) is 12.4 Å². The van der Waals surface area contributed by atoms with E-state index in [1.54, 1.807) is 12.8 Å². The summed E-state index contributed by atoms with van der Waals surface area (Å²) < 4.78 is 2.38. The molecular formula is C18H23N3. The van der Waals surface area contributed by atoms with Crippen LogP contribution in [0, 0.1) is 47.3 Å². The highest BCUT2D eigenvalue weighted by Gasteiger charge is 2.80. The van der Waals surface area contributed by atoms with Gasteiger partial charge in [-0.15, -0.1) is 0 Å². The van der Waals surface area contributed by atoms with Crippen LogP contribution in [-0.4, -0.2) is 21.6 Å². The van der Waals surface area contributed by atoms with Gasteiger partial charge in [0, 0.05) is 37.4 Å². The van der Waals surface area contributed by atoms with Gasteiger partial charge in [0.2, 0.25) is 0 Å². The van der Waals surface area contributed by atoms with E-state index >= 15 is 0 Å². The predicted octanol–water partition coefficient (Wildman–Crippen LogP) is 1.93. The summed E-state index contributed by atoms with van der Waals surface area (Å²) in [4.78, 5) is 4.47. The molecule has 1 N–H and O–H groups in total. The largest absolute Gasteiger partial charge is 0.333 e. The van der Waals surface area contributed by atoms with Gasteiger partial charge < -0.3 is 9.88 Å². The standard InChI is InChI=1S/C18H23N3/c1-2-13-19-3-4-21(13)7-8(1)20-18-16-11-5-9-10-6-12(14(9)16)17(18)15(10)11/h3-4,8-12,14-18,20H,1-2,5-7H2. The third kappa shape index (κ3) is 1.03. The summed E-state index contributed by atoms with van der Waals surface area (Å²) in [5, 5.41) is 4.18. The second kappa shape index (κ2) is 3.24. The van der Waals surface area contributed by atoms with Crippen molar-refractivity contribution < 1.29 is 0 Å². The average Bonchev–Trinajstić information content (AvgIpc) is 3.24. The van der Waals surface area contributed by atoms with Crippen molar-refractivity contribution in [2.24, 2.45) is 47.3 Å². The highest BCUT2D eigenvalue weighted by Crippen LogP contribution is 2.82. The molecule has 110 valence electrons. The third-order valence-corrected chi connectivity index (χ3v) is 8.69. The quantitative estimate of drug-likeness (QED) is 0.898. The lowest BCUT2D eigenvalue weighted by Gasteiger charge is -2.33. The molecule has 0 amide bonds. The van der Waals surface area contributed by atoms with Gasteiger partial charge in [0.1, 0.15) is 5.82 Å². The minimum Gasteiger partial charge on any atom is -0.333 e. The van der Waals surface area contributed by atoms with Gasteiger partial charge in [-0.3, -0.25) is 0 Å². The lowest BCUT2D eigenvalue weighted by atomic mass is 9.71. The number of aromatic nitrogens is 2. The van der Waals surface area contributed by atoms with E-state index in [0.29, 0.717) is 6.04 Å². The number of nitrogens with one attached hydrogen (secondary N) is 1. The number of fused-ring (bicyclic) bond motifs is 1. The monoisotopic (exact) mass is 281 g/mol. The molecule has 1 aromatic rings. The van der Waals surface area contributed by atoms with Gasteiger partial charge in [-0.05, 0) is 66.6 Å². The summed E-state index contributed by atoms with van der Waals surface area (Å²) in [7, 11) is 0. The van der Waals surface area contributed by atoms with E-state index in [2.05, 4.69) is 21.1 Å². The Morgan fingerprint density at radius 1 is 1.00 bits per heavy atom. The fourth-order valence-electron chi connectivity index (χ4n) is 8.62. The topological polar surface area (TPSA) is 29.9 Å². The van der Waals surface area contributed by atoms with Gasteiger partial charge in [-0.2, -0.15) is 0 Å². The molecule has 0 radical (unpaired) electrons. The second-order valence-corrected chi connectivity index (χ2v) is 8.86. The van der Waals surface area contributed by atoms with E-state index in [9.17, 15) is 0 Å². The molecule has 6 saturated carbocycles. The molecule has 0 saturated heterocycles. The first-order valence-corrected chi connectivity index (χ1v) is 9.16. The van der Waals surface area contributed by atoms with Crippen molar-refractivity contribution in [1.82, 2.24) is 14.9 Å². The van der Waals surface area contributed by atoms with Crippen molar-refractivity contribution >= 4 is 0 Å². The van der Waals surface area contributed by atoms with Crippen LogP contribution in [0.2, 0.25) is 0 Å². The van der Waals surface area contributed by atoms with Crippen LogP contribution in [-0.2, 0) is 13.0 Å². The first kappa shape index (κ1) is 10.8. The maximum atomic E-state index is 4.47. The van der Waals surface area contributed by atoms with E-state index in [1.165, 1.54) is 24.1 Å². The summed E-state index contributed by atoms with van der Waals surface area (Å²) >= 11 is 0. The molecular weight excluding hydrogens is 258 g/mol. The van der Waals surface area contributed by atoms with Crippen molar-refractivity contribution in [3.8, 4) is 0 Å². The predicted molar refractivity (Wildman–Crippen MR) is 78.4 cm³/mol. The molecule has 0 aromatic carbocycles. The Morgan fingerprint density at radius 2 is 1.76 bits per heavy atom. The first-order chi connectivity index (χ1) is 10.4. The zero-order valence-electron chi connectivity index (χ0n) is 12.4. The van der Waals surface area contributed by atoms with Crippen LogP contribution >= 0.6 is 0 Å². The van der Waals surface area contributed by atoms with Crippen molar-refractivity contribution in [3.05, 3.63) is 18.2 Å². The Bertz CT molecular complexity index is 608. The fraction of sp³-hybridized carbons (Fsp3) is 0.833. The molecule has 9 atom stereocenters. The second-order valence-electron chi connectivity index (χ2n) is 8.86. The van der Waals surface area contributed by atoms with Crippen molar-refractivity contribution in [3.63, 3.8) is 0 Å². The minimum absolute atomic E-state index is 0.701. The normalized spacial score (nSPS) is 60.6. The van der Waals surface area contributed by atoms with Crippen molar-refractivity contribution in [2.75, 3.05) is 0 Å². The van der Waals surface area contributed by atoms with Crippen LogP contribution in [0.4, 0.5) is 0 Å². The van der Waals surface area contributed by atoms with E-state index < -0.39 is 0 Å². The van der Waals surface area contributed by atoms with Gasteiger partial charge in [0.15, 0.2) is 0 Å². The van der Waals surface area contributed by atoms with Gasteiger partial charge in [0.05, 0.1) is 0 Å². The third-order valence-electron chi connectivity index (χ3n) is 8.69. The van der Waals surface area contributed by atoms with Crippen molar-refractivity contribution in [1.29, 1.82) is 0 Å². The summed E-state index contributed by atoms with van der Waals surface area (Å²) in [6.45, 7) is 1.16. The maximum absolute atomic E-state index is 4.47. The minimum atomic E-state index is 0.701. The van der Waals surface area contributed by atoms with E-state index in [1.807, 2.05) is 6.20 Å². The highest BCUT2D eigenvalue weighted by atomic mass is 15.1. The van der Waals surface area contributed by atoms with Crippen molar-refractivity contribution in [2.45, 2.75) is 44.3 Å². The summed E-state index contributed by atoms with van der Waals surface area (Å²) in [5.74, 6) is 10.4. The van der Waals surface area contributed by atoms with E-state index in [4.69, 9.17) is 0 Å². The number of hydrogen-bond donors (Lipinski definition) is 1. The lowest BCUT2D eigenvalue weighted by Crippen LogP contribution is -2.46. The molecule has 3 nitrogen and oxygen atoms in total. The molecule has 6 aliphatic carbocycles. The van der Waals surface area contributed by atoms with Crippen LogP contribution in [0.25, 0.3) is 0 Å². The Balaban J connectivity index is 1.19. The zero-order valence-corrected chi connectivity index (χ0v) is 12.4. The molecule has 7 aliphatic rings. The van der Waals surface area contributed by atoms with Gasteiger partial charge in [-0.1, -0.05) is 0 Å². The van der Waals surface area contributed by atoms with Crippen LogP contribution in [0.3, 0.4) is 0 Å². The highest BCUT2D eigenvalue weighted by molar-refractivity contribution is 5.29. The van der Waals surface area contributed by atoms with Gasteiger partial charge in [0.25, 0.3) is 0 Å². The van der Waals surface area contributed by atoms with Crippen LogP contribution in [0.5, 0.6) is 0 Å². The lowest BCUT2D eigenvalue weighted by molar-refractivity contribution is 0.132. The van der Waals surface area contributed by atoms with Gasteiger partial charge in [-0.25, -0.2) is 4.98 Å². The summed E-state index contributed by atoms with van der Waals surface area (Å²) in [6, 6.07) is 1.59. The Hall–Kier alpha value is -0.830.